The molecule has 1 heterocycles. The van der Waals surface area contributed by atoms with Gasteiger partial charge < -0.3 is 0 Å². The summed E-state index contributed by atoms with van der Waals surface area (Å²) in [6.45, 7) is 8.42. The second kappa shape index (κ2) is 5.18. The van der Waals surface area contributed by atoms with Crippen LogP contribution in [0.15, 0.2) is 4.90 Å². The number of aromatic nitrogens is 2. The van der Waals surface area contributed by atoms with Crippen LogP contribution in [-0.4, -0.2) is 18.2 Å². The number of primary sulfonamides is 1. The van der Waals surface area contributed by atoms with Crippen LogP contribution in [0.4, 0.5) is 0 Å². The first kappa shape index (κ1) is 14.2. The van der Waals surface area contributed by atoms with Gasteiger partial charge in [-0.3, -0.25) is 4.68 Å². The van der Waals surface area contributed by atoms with Gasteiger partial charge in [0.25, 0.3) is 0 Å². The van der Waals surface area contributed by atoms with Crippen molar-refractivity contribution in [3.63, 3.8) is 0 Å². The number of hydrogen-bond acceptors (Lipinski definition) is 3. The van der Waals surface area contributed by atoms with Crippen LogP contribution in [0, 0.1) is 19.8 Å². The smallest absolute Gasteiger partial charge is 0.241 e. The lowest BCUT2D eigenvalue weighted by Gasteiger charge is -2.11. The second-order valence-electron chi connectivity index (χ2n) is 4.62. The van der Waals surface area contributed by atoms with Gasteiger partial charge in [-0.15, -0.1) is 0 Å². The van der Waals surface area contributed by atoms with Crippen molar-refractivity contribution < 1.29 is 8.42 Å². The molecule has 5 nitrogen and oxygen atoms in total. The van der Waals surface area contributed by atoms with E-state index >= 15 is 0 Å². The van der Waals surface area contributed by atoms with Gasteiger partial charge in [-0.2, -0.15) is 5.10 Å². The molecule has 0 saturated carbocycles. The Kier molecular flexibility index (Phi) is 4.32. The lowest BCUT2D eigenvalue weighted by atomic mass is 10.1. The molecule has 0 amide bonds. The second-order valence-corrected chi connectivity index (χ2v) is 6.12. The van der Waals surface area contributed by atoms with Gasteiger partial charge in [-0.05, 0) is 26.2 Å². The van der Waals surface area contributed by atoms with E-state index in [1.807, 2.05) is 0 Å². The van der Waals surface area contributed by atoms with E-state index in [0.29, 0.717) is 17.3 Å². The molecule has 0 aliphatic heterocycles. The fourth-order valence-corrected chi connectivity index (χ4v) is 3.12. The number of nitrogens with two attached hydrogens (primary N) is 1. The fraction of sp³-hybridized carbons (Fsp3) is 0.727. The van der Waals surface area contributed by atoms with Crippen LogP contribution < -0.4 is 5.14 Å². The third kappa shape index (κ3) is 3.29. The van der Waals surface area contributed by atoms with E-state index in [4.69, 9.17) is 5.14 Å². The minimum Gasteiger partial charge on any atom is -0.268 e. The highest BCUT2D eigenvalue weighted by atomic mass is 32.2. The van der Waals surface area contributed by atoms with Crippen LogP contribution in [0.25, 0.3) is 0 Å². The first-order valence-corrected chi connectivity index (χ1v) is 7.38. The van der Waals surface area contributed by atoms with Gasteiger partial charge in [0.15, 0.2) is 0 Å². The zero-order valence-electron chi connectivity index (χ0n) is 10.9. The van der Waals surface area contributed by atoms with E-state index in [9.17, 15) is 8.42 Å². The van der Waals surface area contributed by atoms with E-state index in [1.54, 1.807) is 18.5 Å². The topological polar surface area (TPSA) is 78.0 Å². The standard InChI is InChI=1S/C11H21N3O2S/c1-5-6-8(2)7-14-10(4)11(9(3)13-14)17(12,15)16/h8H,5-7H2,1-4H3,(H2,12,15,16). The summed E-state index contributed by atoms with van der Waals surface area (Å²) in [5.74, 6) is 0.478. The number of rotatable bonds is 5. The summed E-state index contributed by atoms with van der Waals surface area (Å²) in [5, 5.41) is 9.44. The van der Waals surface area contributed by atoms with Gasteiger partial charge in [0.2, 0.25) is 10.0 Å². The largest absolute Gasteiger partial charge is 0.268 e. The van der Waals surface area contributed by atoms with Crippen LogP contribution in [0.5, 0.6) is 0 Å². The molecule has 0 aliphatic rings. The Labute approximate surface area is 103 Å². The molecule has 1 aromatic rings. The Morgan fingerprint density at radius 1 is 1.41 bits per heavy atom. The number of sulfonamides is 1. The van der Waals surface area contributed by atoms with E-state index in [-0.39, 0.29) is 4.90 Å². The van der Waals surface area contributed by atoms with Crippen molar-refractivity contribution in [1.29, 1.82) is 0 Å². The van der Waals surface area contributed by atoms with Gasteiger partial charge >= 0.3 is 0 Å². The predicted molar refractivity (Wildman–Crippen MR) is 67.1 cm³/mol. The summed E-state index contributed by atoms with van der Waals surface area (Å²) in [4.78, 5) is 0.168. The molecule has 0 aromatic carbocycles. The minimum absolute atomic E-state index is 0.168. The molecule has 0 bridgehead atoms. The van der Waals surface area contributed by atoms with Crippen LogP contribution >= 0.6 is 0 Å². The summed E-state index contributed by atoms with van der Waals surface area (Å²) in [6, 6.07) is 0. The molecule has 98 valence electrons. The molecule has 6 heteroatoms. The molecule has 0 fully saturated rings. The van der Waals surface area contributed by atoms with Crippen molar-refractivity contribution in [2.24, 2.45) is 11.1 Å². The molecule has 0 aliphatic carbocycles. The lowest BCUT2D eigenvalue weighted by Crippen LogP contribution is -2.15. The SMILES string of the molecule is CCCC(C)Cn1nc(C)c(S(N)(=O)=O)c1C. The van der Waals surface area contributed by atoms with Crippen LogP contribution in [-0.2, 0) is 16.6 Å². The molecule has 0 spiro atoms. The maximum absolute atomic E-state index is 11.4. The highest BCUT2D eigenvalue weighted by molar-refractivity contribution is 7.89. The summed E-state index contributed by atoms with van der Waals surface area (Å²) < 4.78 is 24.6. The maximum Gasteiger partial charge on any atom is 0.241 e. The van der Waals surface area contributed by atoms with E-state index in [1.165, 1.54) is 0 Å². The fourth-order valence-electron chi connectivity index (χ4n) is 2.15. The molecule has 1 atom stereocenters. The Balaban J connectivity index is 3.05. The van der Waals surface area contributed by atoms with Crippen molar-refractivity contribution in [2.45, 2.75) is 52.0 Å². The lowest BCUT2D eigenvalue weighted by molar-refractivity contribution is 0.413. The number of aryl methyl sites for hydroxylation is 1. The average molecular weight is 259 g/mol. The van der Waals surface area contributed by atoms with E-state index in [0.717, 1.165) is 19.4 Å². The third-order valence-electron chi connectivity index (χ3n) is 2.87. The summed E-state index contributed by atoms with van der Waals surface area (Å²) in [6.07, 6.45) is 2.21. The van der Waals surface area contributed by atoms with Crippen molar-refractivity contribution in [3.8, 4) is 0 Å². The molecule has 1 rings (SSSR count). The van der Waals surface area contributed by atoms with Crippen molar-refractivity contribution >= 4 is 10.0 Å². The Morgan fingerprint density at radius 3 is 2.41 bits per heavy atom. The first-order valence-electron chi connectivity index (χ1n) is 5.84. The zero-order valence-corrected chi connectivity index (χ0v) is 11.7. The van der Waals surface area contributed by atoms with Gasteiger partial charge in [-0.25, -0.2) is 13.6 Å². The Hall–Kier alpha value is -0.880. The molecule has 1 aromatic heterocycles. The maximum atomic E-state index is 11.4. The molecular weight excluding hydrogens is 238 g/mol. The molecular formula is C11H21N3O2S. The highest BCUT2D eigenvalue weighted by Crippen LogP contribution is 2.19. The summed E-state index contributed by atoms with van der Waals surface area (Å²) in [5.41, 5.74) is 1.11. The molecule has 0 saturated heterocycles. The number of hydrogen-bond donors (Lipinski definition) is 1. The summed E-state index contributed by atoms with van der Waals surface area (Å²) in [7, 11) is -3.67. The Bertz CT molecular complexity index is 491. The van der Waals surface area contributed by atoms with Crippen molar-refractivity contribution in [2.75, 3.05) is 0 Å². The average Bonchev–Trinajstić information content (AvgIpc) is 2.40. The molecule has 2 N–H and O–H groups in total. The van der Waals surface area contributed by atoms with Gasteiger partial charge in [0, 0.05) is 6.54 Å². The zero-order chi connectivity index (χ0) is 13.2. The predicted octanol–water partition coefficient (Wildman–Crippen LogP) is 1.58. The van der Waals surface area contributed by atoms with E-state index in [2.05, 4.69) is 18.9 Å². The van der Waals surface area contributed by atoms with E-state index < -0.39 is 10.0 Å². The molecule has 1 unspecified atom stereocenters. The minimum atomic E-state index is -3.67. The van der Waals surface area contributed by atoms with Crippen molar-refractivity contribution in [1.82, 2.24) is 9.78 Å². The quantitative estimate of drug-likeness (QED) is 0.872. The normalized spacial score (nSPS) is 13.9. The van der Waals surface area contributed by atoms with Crippen LogP contribution in [0.1, 0.15) is 38.1 Å². The van der Waals surface area contributed by atoms with Crippen molar-refractivity contribution in [3.05, 3.63) is 11.4 Å². The third-order valence-corrected chi connectivity index (χ3v) is 4.03. The Morgan fingerprint density at radius 2 is 2.00 bits per heavy atom. The van der Waals surface area contributed by atoms with Crippen LogP contribution in [0.2, 0.25) is 0 Å². The molecule has 17 heavy (non-hydrogen) atoms. The van der Waals surface area contributed by atoms with Crippen LogP contribution in [0.3, 0.4) is 0 Å². The van der Waals surface area contributed by atoms with Gasteiger partial charge in [-0.1, -0.05) is 20.3 Å². The highest BCUT2D eigenvalue weighted by Gasteiger charge is 2.21. The monoisotopic (exact) mass is 259 g/mol. The molecule has 0 radical (unpaired) electrons. The van der Waals surface area contributed by atoms with Gasteiger partial charge in [0.05, 0.1) is 11.4 Å². The summed E-state index contributed by atoms with van der Waals surface area (Å²) >= 11 is 0. The van der Waals surface area contributed by atoms with Gasteiger partial charge in [0.1, 0.15) is 4.90 Å². The number of nitrogens with zero attached hydrogens (tertiary/aromatic N) is 2. The first-order chi connectivity index (χ1) is 7.77.